The highest BCUT2D eigenvalue weighted by molar-refractivity contribution is 5.39. The molecular formula is C13H18O4. The van der Waals surface area contributed by atoms with Gasteiger partial charge in [0.15, 0.2) is 0 Å². The number of rotatable bonds is 5. The molecule has 0 saturated heterocycles. The summed E-state index contributed by atoms with van der Waals surface area (Å²) in [5.74, 6) is 0. The van der Waals surface area contributed by atoms with Gasteiger partial charge in [-0.25, -0.2) is 0 Å². The summed E-state index contributed by atoms with van der Waals surface area (Å²) in [5, 5.41) is 37.3. The Kier molecular flexibility index (Phi) is 3.79. The van der Waals surface area contributed by atoms with Crippen LogP contribution in [0.25, 0.3) is 0 Å². The van der Waals surface area contributed by atoms with Crippen LogP contribution in [0.5, 0.6) is 0 Å². The van der Waals surface area contributed by atoms with Crippen LogP contribution in [0.1, 0.15) is 29.2 Å². The highest BCUT2D eigenvalue weighted by Crippen LogP contribution is 2.28. The molecule has 94 valence electrons. The van der Waals surface area contributed by atoms with Crippen molar-refractivity contribution in [3.05, 3.63) is 34.9 Å². The van der Waals surface area contributed by atoms with Gasteiger partial charge < -0.3 is 20.4 Å². The van der Waals surface area contributed by atoms with Crippen LogP contribution in [0.4, 0.5) is 0 Å². The third kappa shape index (κ3) is 2.66. The second-order valence-electron chi connectivity index (χ2n) is 4.60. The lowest BCUT2D eigenvalue weighted by atomic mass is 9.86. The lowest BCUT2D eigenvalue weighted by molar-refractivity contribution is -0.0367. The van der Waals surface area contributed by atoms with Crippen LogP contribution in [-0.4, -0.2) is 39.2 Å². The first kappa shape index (κ1) is 12.5. The molecule has 4 heteroatoms. The number of fused-ring (bicyclic) bond motifs is 1. The van der Waals surface area contributed by atoms with Crippen molar-refractivity contribution in [2.45, 2.75) is 37.6 Å². The van der Waals surface area contributed by atoms with Crippen LogP contribution in [0.15, 0.2) is 18.2 Å². The standard InChI is InChI=1S/C13H18O4/c14-7-13(17)12(16)6-11(15)10-4-2-8-1-3-9(8)5-10/h2,4-5,11-17H,1,3,6-7H2. The van der Waals surface area contributed by atoms with E-state index in [0.717, 1.165) is 18.4 Å². The number of hydrogen-bond donors (Lipinski definition) is 4. The van der Waals surface area contributed by atoms with E-state index in [9.17, 15) is 15.3 Å². The van der Waals surface area contributed by atoms with Crippen molar-refractivity contribution < 1.29 is 20.4 Å². The molecule has 0 aliphatic heterocycles. The minimum absolute atomic E-state index is 0.0283. The molecule has 4 N–H and O–H groups in total. The molecule has 1 aromatic carbocycles. The van der Waals surface area contributed by atoms with Gasteiger partial charge in [-0.2, -0.15) is 0 Å². The van der Waals surface area contributed by atoms with Gasteiger partial charge in [-0.15, -0.1) is 0 Å². The Labute approximate surface area is 100 Å². The third-order valence-electron chi connectivity index (χ3n) is 3.37. The van der Waals surface area contributed by atoms with Gasteiger partial charge in [0.05, 0.1) is 18.8 Å². The van der Waals surface area contributed by atoms with Gasteiger partial charge in [0.2, 0.25) is 0 Å². The first-order valence-electron chi connectivity index (χ1n) is 5.88. The maximum atomic E-state index is 9.92. The van der Waals surface area contributed by atoms with Crippen LogP contribution in [-0.2, 0) is 12.8 Å². The average molecular weight is 238 g/mol. The maximum absolute atomic E-state index is 9.92. The van der Waals surface area contributed by atoms with Gasteiger partial charge in [-0.05, 0) is 29.5 Å². The smallest absolute Gasteiger partial charge is 0.103 e. The lowest BCUT2D eigenvalue weighted by Crippen LogP contribution is -2.30. The summed E-state index contributed by atoms with van der Waals surface area (Å²) in [6.07, 6.45) is -0.954. The molecule has 17 heavy (non-hydrogen) atoms. The molecule has 0 saturated carbocycles. The molecule has 3 atom stereocenters. The van der Waals surface area contributed by atoms with Crippen LogP contribution in [0.2, 0.25) is 0 Å². The van der Waals surface area contributed by atoms with E-state index in [0.29, 0.717) is 0 Å². The number of hydrogen-bond acceptors (Lipinski definition) is 4. The molecule has 0 heterocycles. The molecule has 2 rings (SSSR count). The SMILES string of the molecule is OCC(O)C(O)CC(O)c1ccc2c(c1)CC2. The highest BCUT2D eigenvalue weighted by Gasteiger charge is 2.22. The Bertz CT molecular complexity index is 391. The van der Waals surface area contributed by atoms with Gasteiger partial charge in [0.25, 0.3) is 0 Å². The lowest BCUT2D eigenvalue weighted by Gasteiger charge is -2.23. The van der Waals surface area contributed by atoms with E-state index in [-0.39, 0.29) is 6.42 Å². The van der Waals surface area contributed by atoms with E-state index < -0.39 is 24.9 Å². The van der Waals surface area contributed by atoms with Crippen LogP contribution in [0.3, 0.4) is 0 Å². The molecule has 4 nitrogen and oxygen atoms in total. The molecule has 0 fully saturated rings. The normalized spacial score (nSPS) is 19.1. The molecule has 1 aromatic rings. The second-order valence-corrected chi connectivity index (χ2v) is 4.60. The van der Waals surface area contributed by atoms with Crippen molar-refractivity contribution in [1.29, 1.82) is 0 Å². The Morgan fingerprint density at radius 1 is 1.00 bits per heavy atom. The molecule has 0 spiro atoms. The van der Waals surface area contributed by atoms with Gasteiger partial charge in [-0.1, -0.05) is 18.2 Å². The minimum atomic E-state index is -1.20. The van der Waals surface area contributed by atoms with Crippen molar-refractivity contribution in [2.24, 2.45) is 0 Å². The fraction of sp³-hybridized carbons (Fsp3) is 0.538. The molecular weight excluding hydrogens is 220 g/mol. The van der Waals surface area contributed by atoms with Crippen molar-refractivity contribution in [2.75, 3.05) is 6.61 Å². The fourth-order valence-corrected chi connectivity index (χ4v) is 2.07. The summed E-state index contributed by atoms with van der Waals surface area (Å²) in [5.41, 5.74) is 3.32. The Morgan fingerprint density at radius 3 is 2.24 bits per heavy atom. The van der Waals surface area contributed by atoms with E-state index >= 15 is 0 Å². The quantitative estimate of drug-likeness (QED) is 0.578. The predicted octanol–water partition coefficient (Wildman–Crippen LogP) is -0.0772. The molecule has 3 unspecified atom stereocenters. The van der Waals surface area contributed by atoms with Gasteiger partial charge in [0, 0.05) is 6.42 Å². The van der Waals surface area contributed by atoms with E-state index in [1.54, 1.807) is 0 Å². The number of benzene rings is 1. The Balaban J connectivity index is 1.99. The second kappa shape index (κ2) is 5.14. The van der Waals surface area contributed by atoms with Crippen LogP contribution in [0, 0.1) is 0 Å². The largest absolute Gasteiger partial charge is 0.394 e. The molecule has 0 radical (unpaired) electrons. The van der Waals surface area contributed by atoms with Crippen LogP contribution < -0.4 is 0 Å². The Morgan fingerprint density at radius 2 is 1.71 bits per heavy atom. The first-order chi connectivity index (χ1) is 8.11. The summed E-state index contributed by atoms with van der Waals surface area (Å²) >= 11 is 0. The highest BCUT2D eigenvalue weighted by atomic mass is 16.4. The average Bonchev–Trinajstić information content (AvgIpc) is 2.29. The number of aryl methyl sites for hydroxylation is 2. The summed E-state index contributed by atoms with van der Waals surface area (Å²) in [6, 6.07) is 5.79. The van der Waals surface area contributed by atoms with Gasteiger partial charge in [0.1, 0.15) is 6.10 Å². The first-order valence-corrected chi connectivity index (χ1v) is 5.88. The maximum Gasteiger partial charge on any atom is 0.103 e. The van der Waals surface area contributed by atoms with E-state index in [2.05, 4.69) is 0 Å². The monoisotopic (exact) mass is 238 g/mol. The van der Waals surface area contributed by atoms with E-state index in [4.69, 9.17) is 5.11 Å². The summed E-state index contributed by atoms with van der Waals surface area (Å²) in [7, 11) is 0. The molecule has 0 aromatic heterocycles. The van der Waals surface area contributed by atoms with E-state index in [1.807, 2.05) is 18.2 Å². The zero-order valence-corrected chi connectivity index (χ0v) is 9.58. The zero-order chi connectivity index (χ0) is 12.4. The Hall–Kier alpha value is -0.940. The summed E-state index contributed by atoms with van der Waals surface area (Å²) in [4.78, 5) is 0. The van der Waals surface area contributed by atoms with Crippen molar-refractivity contribution in [1.82, 2.24) is 0 Å². The van der Waals surface area contributed by atoms with Crippen LogP contribution >= 0.6 is 0 Å². The van der Waals surface area contributed by atoms with Gasteiger partial charge >= 0.3 is 0 Å². The fourth-order valence-electron chi connectivity index (χ4n) is 2.07. The third-order valence-corrected chi connectivity index (χ3v) is 3.37. The molecule has 1 aliphatic carbocycles. The summed E-state index contributed by atoms with van der Waals surface area (Å²) in [6.45, 7) is -0.502. The van der Waals surface area contributed by atoms with Crippen molar-refractivity contribution in [3.8, 4) is 0 Å². The van der Waals surface area contributed by atoms with Gasteiger partial charge in [-0.3, -0.25) is 0 Å². The number of aliphatic hydroxyl groups is 4. The molecule has 0 amide bonds. The zero-order valence-electron chi connectivity index (χ0n) is 9.58. The minimum Gasteiger partial charge on any atom is -0.394 e. The van der Waals surface area contributed by atoms with E-state index in [1.165, 1.54) is 11.1 Å². The van der Waals surface area contributed by atoms with Crippen molar-refractivity contribution in [3.63, 3.8) is 0 Å². The molecule has 0 bridgehead atoms. The number of aliphatic hydroxyl groups excluding tert-OH is 4. The topological polar surface area (TPSA) is 80.9 Å². The van der Waals surface area contributed by atoms with Crippen molar-refractivity contribution >= 4 is 0 Å². The molecule has 1 aliphatic rings. The predicted molar refractivity (Wildman–Crippen MR) is 62.5 cm³/mol. The summed E-state index contributed by atoms with van der Waals surface area (Å²) < 4.78 is 0.